The van der Waals surface area contributed by atoms with E-state index in [9.17, 15) is 13.2 Å². The van der Waals surface area contributed by atoms with Gasteiger partial charge in [-0.2, -0.15) is 0 Å². The number of hydrogen-bond donors (Lipinski definition) is 1. The second kappa shape index (κ2) is 7.84. The Hall–Kier alpha value is -2.80. The van der Waals surface area contributed by atoms with E-state index in [1.54, 1.807) is 44.2 Å². The highest BCUT2D eigenvalue weighted by molar-refractivity contribution is 7.99. The standard InChI is InChI=1S/C20H22N2O4S/c1-15(2)22-20(23)18(21-13-14-26-17-11-7-4-8-12-17)19(27(22,24)25)16-9-5-3-6-10-16/h3-12,15,21H,13-14H2,1-2H3. The molecule has 0 fully saturated rings. The van der Waals surface area contributed by atoms with Gasteiger partial charge in [0.2, 0.25) is 0 Å². The summed E-state index contributed by atoms with van der Waals surface area (Å²) in [5.74, 6) is 0.175. The zero-order valence-corrected chi connectivity index (χ0v) is 16.1. The molecule has 0 aliphatic carbocycles. The summed E-state index contributed by atoms with van der Waals surface area (Å²) in [6, 6.07) is 17.5. The van der Waals surface area contributed by atoms with Crippen LogP contribution in [0.4, 0.5) is 0 Å². The van der Waals surface area contributed by atoms with Gasteiger partial charge in [-0.05, 0) is 31.5 Å². The summed E-state index contributed by atoms with van der Waals surface area (Å²) in [5.41, 5.74) is 0.576. The van der Waals surface area contributed by atoms with Crippen molar-refractivity contribution < 1.29 is 17.9 Å². The molecule has 0 saturated carbocycles. The van der Waals surface area contributed by atoms with Gasteiger partial charge in [0.15, 0.2) is 0 Å². The Morgan fingerprint density at radius 2 is 1.59 bits per heavy atom. The van der Waals surface area contributed by atoms with Gasteiger partial charge in [-0.1, -0.05) is 48.5 Å². The highest BCUT2D eigenvalue weighted by atomic mass is 32.2. The van der Waals surface area contributed by atoms with E-state index in [1.165, 1.54) is 0 Å². The van der Waals surface area contributed by atoms with Crippen LogP contribution in [0.3, 0.4) is 0 Å². The van der Waals surface area contributed by atoms with Crippen molar-refractivity contribution in [1.82, 2.24) is 9.62 Å². The summed E-state index contributed by atoms with van der Waals surface area (Å²) in [6.07, 6.45) is 0. The van der Waals surface area contributed by atoms with Crippen molar-refractivity contribution in [1.29, 1.82) is 0 Å². The molecule has 0 radical (unpaired) electrons. The number of carbonyl (C=O) groups is 1. The Labute approximate surface area is 159 Å². The molecular weight excluding hydrogens is 364 g/mol. The van der Waals surface area contributed by atoms with Crippen LogP contribution in [0.1, 0.15) is 19.4 Å². The predicted octanol–water partition coefficient (Wildman–Crippen LogP) is 2.60. The fourth-order valence-electron chi connectivity index (χ4n) is 2.96. The Morgan fingerprint density at radius 1 is 1.00 bits per heavy atom. The van der Waals surface area contributed by atoms with E-state index in [4.69, 9.17) is 4.74 Å². The lowest BCUT2D eigenvalue weighted by molar-refractivity contribution is -0.123. The van der Waals surface area contributed by atoms with Gasteiger partial charge in [-0.25, -0.2) is 12.7 Å². The van der Waals surface area contributed by atoms with E-state index in [2.05, 4.69) is 5.32 Å². The van der Waals surface area contributed by atoms with E-state index in [0.29, 0.717) is 24.5 Å². The van der Waals surface area contributed by atoms with Crippen LogP contribution in [-0.2, 0) is 14.8 Å². The second-order valence-electron chi connectivity index (χ2n) is 6.36. The third-order valence-corrected chi connectivity index (χ3v) is 6.14. The van der Waals surface area contributed by atoms with E-state index >= 15 is 0 Å². The van der Waals surface area contributed by atoms with Crippen LogP contribution in [-0.4, -0.2) is 37.8 Å². The smallest absolute Gasteiger partial charge is 0.285 e. The summed E-state index contributed by atoms with van der Waals surface area (Å²) in [5, 5.41) is 2.97. The normalized spacial score (nSPS) is 16.1. The SMILES string of the molecule is CC(C)N1C(=O)C(NCCOc2ccccc2)=C(c2ccccc2)S1(=O)=O. The molecule has 0 unspecified atom stereocenters. The van der Waals surface area contributed by atoms with E-state index in [1.807, 2.05) is 30.3 Å². The topological polar surface area (TPSA) is 75.7 Å². The zero-order valence-electron chi connectivity index (χ0n) is 15.3. The largest absolute Gasteiger partial charge is 0.492 e. The van der Waals surface area contributed by atoms with Gasteiger partial charge in [-0.3, -0.25) is 4.79 Å². The van der Waals surface area contributed by atoms with Crippen molar-refractivity contribution in [2.24, 2.45) is 0 Å². The number of nitrogens with zero attached hydrogens (tertiary/aromatic N) is 1. The Morgan fingerprint density at radius 3 is 2.19 bits per heavy atom. The summed E-state index contributed by atoms with van der Waals surface area (Å²) in [4.78, 5) is 12.8. The average Bonchev–Trinajstić information content (AvgIpc) is 2.85. The first kappa shape index (κ1) is 19.0. The van der Waals surface area contributed by atoms with Crippen molar-refractivity contribution in [3.8, 4) is 5.75 Å². The summed E-state index contributed by atoms with van der Waals surface area (Å²) >= 11 is 0. The second-order valence-corrected chi connectivity index (χ2v) is 8.11. The third-order valence-electron chi connectivity index (χ3n) is 4.08. The molecule has 2 aromatic rings. The lowest BCUT2D eigenvalue weighted by Gasteiger charge is -2.20. The Kier molecular flexibility index (Phi) is 5.51. The summed E-state index contributed by atoms with van der Waals surface area (Å²) in [6.45, 7) is 3.96. The van der Waals surface area contributed by atoms with Gasteiger partial charge in [0.05, 0.1) is 0 Å². The molecule has 7 heteroatoms. The molecule has 0 bridgehead atoms. The molecule has 1 amide bonds. The van der Waals surface area contributed by atoms with Crippen molar-refractivity contribution in [3.63, 3.8) is 0 Å². The van der Waals surface area contributed by atoms with Crippen LogP contribution >= 0.6 is 0 Å². The molecule has 6 nitrogen and oxygen atoms in total. The van der Waals surface area contributed by atoms with Crippen LogP contribution in [0, 0.1) is 0 Å². The average molecular weight is 386 g/mol. The number of ether oxygens (including phenoxy) is 1. The van der Waals surface area contributed by atoms with Gasteiger partial charge in [-0.15, -0.1) is 0 Å². The molecule has 0 spiro atoms. The number of carbonyl (C=O) groups excluding carboxylic acids is 1. The summed E-state index contributed by atoms with van der Waals surface area (Å²) in [7, 11) is -3.91. The number of benzene rings is 2. The number of sulfonamides is 1. The molecule has 0 atom stereocenters. The molecule has 1 heterocycles. The molecular formula is C20H22N2O4S. The van der Waals surface area contributed by atoms with Crippen LogP contribution < -0.4 is 10.1 Å². The van der Waals surface area contributed by atoms with Gasteiger partial charge in [0.25, 0.3) is 15.9 Å². The lowest BCUT2D eigenvalue weighted by Crippen LogP contribution is -2.39. The van der Waals surface area contributed by atoms with Crippen molar-refractivity contribution in [2.75, 3.05) is 13.2 Å². The highest BCUT2D eigenvalue weighted by Gasteiger charge is 2.45. The molecule has 142 valence electrons. The molecule has 3 rings (SSSR count). The van der Waals surface area contributed by atoms with Gasteiger partial charge in [0.1, 0.15) is 23.0 Å². The predicted molar refractivity (Wildman–Crippen MR) is 104 cm³/mol. The molecule has 1 aliphatic rings. The minimum Gasteiger partial charge on any atom is -0.492 e. The minimum atomic E-state index is -3.91. The maximum Gasteiger partial charge on any atom is 0.285 e. The zero-order chi connectivity index (χ0) is 19.4. The number of hydrogen-bond acceptors (Lipinski definition) is 5. The lowest BCUT2D eigenvalue weighted by atomic mass is 10.2. The number of amides is 1. The third kappa shape index (κ3) is 3.83. The van der Waals surface area contributed by atoms with E-state index in [0.717, 1.165) is 4.31 Å². The molecule has 1 N–H and O–H groups in total. The molecule has 0 saturated heterocycles. The molecule has 1 aliphatic heterocycles. The Bertz CT molecular complexity index is 938. The van der Waals surface area contributed by atoms with Crippen molar-refractivity contribution >= 4 is 20.8 Å². The number of para-hydroxylation sites is 1. The number of nitrogens with one attached hydrogen (secondary N) is 1. The van der Waals surface area contributed by atoms with Crippen molar-refractivity contribution in [2.45, 2.75) is 19.9 Å². The maximum atomic E-state index is 13.0. The first-order chi connectivity index (χ1) is 12.9. The fraction of sp³-hybridized carbons (Fsp3) is 0.250. The van der Waals surface area contributed by atoms with Gasteiger partial charge >= 0.3 is 0 Å². The molecule has 2 aromatic carbocycles. The van der Waals surface area contributed by atoms with Crippen molar-refractivity contribution in [3.05, 3.63) is 71.9 Å². The minimum absolute atomic E-state index is 0.0153. The summed E-state index contributed by atoms with van der Waals surface area (Å²) < 4.78 is 32.5. The van der Waals surface area contributed by atoms with E-state index in [-0.39, 0.29) is 10.6 Å². The van der Waals surface area contributed by atoms with Gasteiger partial charge < -0.3 is 10.1 Å². The molecule has 0 aromatic heterocycles. The Balaban J connectivity index is 1.85. The van der Waals surface area contributed by atoms with Crippen LogP contribution in [0.15, 0.2) is 66.4 Å². The fourth-order valence-corrected chi connectivity index (χ4v) is 4.87. The monoisotopic (exact) mass is 386 g/mol. The maximum absolute atomic E-state index is 13.0. The van der Waals surface area contributed by atoms with Crippen LogP contribution in [0.25, 0.3) is 4.91 Å². The van der Waals surface area contributed by atoms with Gasteiger partial charge in [0, 0.05) is 12.6 Å². The molecule has 27 heavy (non-hydrogen) atoms. The van der Waals surface area contributed by atoms with Crippen LogP contribution in [0.5, 0.6) is 5.75 Å². The van der Waals surface area contributed by atoms with E-state index < -0.39 is 22.0 Å². The number of rotatable bonds is 7. The first-order valence-electron chi connectivity index (χ1n) is 8.73. The highest BCUT2D eigenvalue weighted by Crippen LogP contribution is 2.35. The van der Waals surface area contributed by atoms with Crippen LogP contribution in [0.2, 0.25) is 0 Å². The quantitative estimate of drug-likeness (QED) is 0.741. The first-order valence-corrected chi connectivity index (χ1v) is 10.2.